The number of hydrogen-bond acceptors (Lipinski definition) is 3. The number of imidazole rings is 1. The molecule has 0 bridgehead atoms. The van der Waals surface area contributed by atoms with Gasteiger partial charge in [-0.05, 0) is 30.3 Å². The number of carbonyl (C=O) groups excluding carboxylic acids is 1. The van der Waals surface area contributed by atoms with Gasteiger partial charge in [0.1, 0.15) is 17.2 Å². The third kappa shape index (κ3) is 3.32. The maximum atomic E-state index is 13.3. The van der Waals surface area contributed by atoms with Crippen molar-refractivity contribution in [2.45, 2.75) is 6.18 Å². The van der Waals surface area contributed by atoms with Crippen molar-refractivity contribution < 1.29 is 18.0 Å². The molecular weight excluding hydrogens is 369 g/mol. The lowest BCUT2D eigenvalue weighted by atomic mass is 10.1. The Morgan fingerprint density at radius 2 is 1.75 bits per heavy atom. The van der Waals surface area contributed by atoms with E-state index in [0.29, 0.717) is 11.3 Å². The number of H-pyrrole nitrogens is 1. The van der Waals surface area contributed by atoms with Crippen molar-refractivity contribution in [2.24, 2.45) is 0 Å². The van der Waals surface area contributed by atoms with Crippen LogP contribution in [0.15, 0.2) is 66.9 Å². The van der Waals surface area contributed by atoms with Crippen LogP contribution in [0.2, 0.25) is 0 Å². The Morgan fingerprint density at radius 3 is 2.50 bits per heavy atom. The van der Waals surface area contributed by atoms with Gasteiger partial charge < -0.3 is 10.3 Å². The molecule has 2 aromatic heterocycles. The van der Waals surface area contributed by atoms with Crippen LogP contribution in [0.1, 0.15) is 15.9 Å². The van der Waals surface area contributed by atoms with Gasteiger partial charge in [0.2, 0.25) is 0 Å². The summed E-state index contributed by atoms with van der Waals surface area (Å²) in [6, 6.07) is 15.1. The largest absolute Gasteiger partial charge is 0.417 e. The van der Waals surface area contributed by atoms with E-state index in [-0.39, 0.29) is 22.5 Å². The molecule has 0 spiro atoms. The van der Waals surface area contributed by atoms with Gasteiger partial charge in [-0.15, -0.1) is 0 Å². The molecule has 0 atom stereocenters. The molecule has 0 aliphatic rings. The summed E-state index contributed by atoms with van der Waals surface area (Å²) in [5, 5.41) is 2.65. The average molecular weight is 382 g/mol. The number of anilines is 1. The highest BCUT2D eigenvalue weighted by Crippen LogP contribution is 2.36. The summed E-state index contributed by atoms with van der Waals surface area (Å²) in [7, 11) is 0. The molecule has 0 fully saturated rings. The Morgan fingerprint density at radius 1 is 0.964 bits per heavy atom. The highest BCUT2D eigenvalue weighted by Gasteiger charge is 2.34. The molecule has 0 unspecified atom stereocenters. The second kappa shape index (κ2) is 6.80. The van der Waals surface area contributed by atoms with Crippen molar-refractivity contribution >= 4 is 22.8 Å². The van der Waals surface area contributed by atoms with Crippen LogP contribution in [0.4, 0.5) is 19.0 Å². The molecular formula is C20H13F3N4O. The van der Waals surface area contributed by atoms with Crippen molar-refractivity contribution in [3.05, 3.63) is 78.0 Å². The summed E-state index contributed by atoms with van der Waals surface area (Å²) >= 11 is 0. The molecule has 2 N–H and O–H groups in total. The maximum absolute atomic E-state index is 13.3. The lowest BCUT2D eigenvalue weighted by Gasteiger charge is -2.10. The SMILES string of the molecule is O=C(Nc1ccccn1)c1cccc2[nH]c(-c3ccccc3C(F)(F)F)nc12. The smallest absolute Gasteiger partial charge is 0.338 e. The molecule has 5 nitrogen and oxygen atoms in total. The zero-order chi connectivity index (χ0) is 19.7. The van der Waals surface area contributed by atoms with Crippen LogP contribution in [-0.2, 0) is 6.18 Å². The number of halogens is 3. The second-order valence-corrected chi connectivity index (χ2v) is 6.00. The number of amides is 1. The summed E-state index contributed by atoms with van der Waals surface area (Å²) in [4.78, 5) is 23.8. The third-order valence-electron chi connectivity index (χ3n) is 4.15. The van der Waals surface area contributed by atoms with E-state index in [0.717, 1.165) is 6.07 Å². The Labute approximate surface area is 157 Å². The molecule has 0 saturated carbocycles. The average Bonchev–Trinajstić information content (AvgIpc) is 3.12. The first kappa shape index (κ1) is 17.7. The predicted molar refractivity (Wildman–Crippen MR) is 98.7 cm³/mol. The molecule has 0 aliphatic carbocycles. The fraction of sp³-hybridized carbons (Fsp3) is 0.0500. The van der Waals surface area contributed by atoms with Crippen molar-refractivity contribution in [1.82, 2.24) is 15.0 Å². The summed E-state index contributed by atoms with van der Waals surface area (Å²) in [5.41, 5.74) is 0.0922. The third-order valence-corrected chi connectivity index (χ3v) is 4.15. The number of nitrogens with zero attached hydrogens (tertiary/aromatic N) is 2. The van der Waals surface area contributed by atoms with Gasteiger partial charge in [0.05, 0.1) is 16.6 Å². The number of hydrogen-bond donors (Lipinski definition) is 2. The topological polar surface area (TPSA) is 70.7 Å². The molecule has 0 radical (unpaired) electrons. The van der Waals surface area contributed by atoms with Crippen LogP contribution < -0.4 is 5.32 Å². The molecule has 2 aromatic carbocycles. The van der Waals surface area contributed by atoms with Crippen molar-refractivity contribution in [3.8, 4) is 11.4 Å². The summed E-state index contributed by atoms with van der Waals surface area (Å²) < 4.78 is 40.0. The minimum absolute atomic E-state index is 0.0426. The lowest BCUT2D eigenvalue weighted by molar-refractivity contribution is -0.137. The summed E-state index contributed by atoms with van der Waals surface area (Å²) in [6.45, 7) is 0. The van der Waals surface area contributed by atoms with Gasteiger partial charge in [-0.1, -0.05) is 30.3 Å². The molecule has 4 rings (SSSR count). The Hall–Kier alpha value is -3.68. The van der Waals surface area contributed by atoms with Gasteiger partial charge >= 0.3 is 6.18 Å². The molecule has 8 heteroatoms. The fourth-order valence-electron chi connectivity index (χ4n) is 2.90. The van der Waals surface area contributed by atoms with Crippen molar-refractivity contribution in [1.29, 1.82) is 0 Å². The second-order valence-electron chi connectivity index (χ2n) is 6.00. The lowest BCUT2D eigenvalue weighted by Crippen LogP contribution is -2.13. The zero-order valence-electron chi connectivity index (χ0n) is 14.3. The van der Waals surface area contributed by atoms with Gasteiger partial charge in [-0.2, -0.15) is 13.2 Å². The van der Waals surface area contributed by atoms with Gasteiger partial charge in [0, 0.05) is 11.8 Å². The van der Waals surface area contributed by atoms with Crippen LogP contribution in [-0.4, -0.2) is 20.9 Å². The minimum atomic E-state index is -4.52. The molecule has 1 amide bonds. The van der Waals surface area contributed by atoms with E-state index in [1.165, 1.54) is 24.4 Å². The van der Waals surface area contributed by atoms with Crippen molar-refractivity contribution in [3.63, 3.8) is 0 Å². The Balaban J connectivity index is 1.78. The standard InChI is InChI=1S/C20H13F3N4O/c21-20(22,23)14-8-2-1-6-12(14)18-25-15-9-5-7-13(17(15)27-18)19(28)26-16-10-3-4-11-24-16/h1-11H,(H,25,27)(H,24,26,28). The molecule has 4 aromatic rings. The van der Waals surface area contributed by atoms with Gasteiger partial charge in [-0.3, -0.25) is 4.79 Å². The number of rotatable bonds is 3. The summed E-state index contributed by atoms with van der Waals surface area (Å²) in [5.74, 6) is -0.0462. The fourth-order valence-corrected chi connectivity index (χ4v) is 2.90. The first-order valence-corrected chi connectivity index (χ1v) is 8.31. The highest BCUT2D eigenvalue weighted by atomic mass is 19.4. The number of aromatic amines is 1. The zero-order valence-corrected chi connectivity index (χ0v) is 14.3. The summed E-state index contributed by atoms with van der Waals surface area (Å²) in [6.07, 6.45) is -2.98. The van der Waals surface area contributed by atoms with Crippen LogP contribution >= 0.6 is 0 Å². The Kier molecular flexibility index (Phi) is 4.31. The number of benzene rings is 2. The first-order valence-electron chi connectivity index (χ1n) is 8.31. The number of carbonyl (C=O) groups is 1. The van der Waals surface area contributed by atoms with Crippen LogP contribution in [0.5, 0.6) is 0 Å². The number of alkyl halides is 3. The number of para-hydroxylation sites is 1. The molecule has 2 heterocycles. The van der Waals surface area contributed by atoms with Gasteiger partial charge in [0.25, 0.3) is 5.91 Å². The van der Waals surface area contributed by atoms with E-state index < -0.39 is 17.6 Å². The van der Waals surface area contributed by atoms with E-state index in [2.05, 4.69) is 20.3 Å². The van der Waals surface area contributed by atoms with E-state index in [1.54, 1.807) is 36.4 Å². The van der Waals surface area contributed by atoms with Gasteiger partial charge in [-0.25, -0.2) is 9.97 Å². The van der Waals surface area contributed by atoms with Gasteiger partial charge in [0.15, 0.2) is 0 Å². The Bertz CT molecular complexity index is 1150. The molecule has 0 aliphatic heterocycles. The van der Waals surface area contributed by atoms with E-state index in [9.17, 15) is 18.0 Å². The minimum Gasteiger partial charge on any atom is -0.338 e. The predicted octanol–water partition coefficient (Wildman–Crippen LogP) is 4.90. The van der Waals surface area contributed by atoms with E-state index >= 15 is 0 Å². The highest BCUT2D eigenvalue weighted by molar-refractivity contribution is 6.11. The molecule has 0 saturated heterocycles. The van der Waals surface area contributed by atoms with Crippen LogP contribution in [0.25, 0.3) is 22.4 Å². The quantitative estimate of drug-likeness (QED) is 0.530. The van der Waals surface area contributed by atoms with Crippen molar-refractivity contribution in [2.75, 3.05) is 5.32 Å². The maximum Gasteiger partial charge on any atom is 0.417 e. The molecule has 140 valence electrons. The molecule has 28 heavy (non-hydrogen) atoms. The number of aromatic nitrogens is 3. The van der Waals surface area contributed by atoms with E-state index in [4.69, 9.17) is 0 Å². The van der Waals surface area contributed by atoms with Crippen LogP contribution in [0, 0.1) is 0 Å². The van der Waals surface area contributed by atoms with E-state index in [1.807, 2.05) is 0 Å². The number of nitrogens with one attached hydrogen (secondary N) is 2. The number of pyridine rings is 1. The van der Waals surface area contributed by atoms with Crippen LogP contribution in [0.3, 0.4) is 0 Å². The first-order chi connectivity index (χ1) is 13.4. The number of fused-ring (bicyclic) bond motifs is 1. The monoisotopic (exact) mass is 382 g/mol. The normalized spacial score (nSPS) is 11.5.